The molecule has 102 valence electrons. The Labute approximate surface area is 112 Å². The van der Waals surface area contributed by atoms with Crippen molar-refractivity contribution in [3.63, 3.8) is 0 Å². The van der Waals surface area contributed by atoms with Crippen molar-refractivity contribution in [2.24, 2.45) is 29.6 Å². The molecule has 0 atom stereocenters. The number of hydrogen-bond acceptors (Lipinski definition) is 3. The molecule has 0 unspecified atom stereocenters. The van der Waals surface area contributed by atoms with Crippen LogP contribution in [0.1, 0.15) is 37.9 Å². The highest BCUT2D eigenvalue weighted by Gasteiger charge is 2.50. The van der Waals surface area contributed by atoms with E-state index in [2.05, 4.69) is 20.5 Å². The van der Waals surface area contributed by atoms with Gasteiger partial charge in [0.2, 0.25) is 5.91 Å². The predicted molar refractivity (Wildman–Crippen MR) is 68.8 cm³/mol. The van der Waals surface area contributed by atoms with Gasteiger partial charge in [0.05, 0.1) is 6.54 Å². The number of carbonyl (C=O) groups excluding carboxylic acids is 1. The number of amides is 1. The van der Waals surface area contributed by atoms with Crippen molar-refractivity contribution >= 4 is 5.91 Å². The van der Waals surface area contributed by atoms with Gasteiger partial charge < -0.3 is 5.32 Å². The lowest BCUT2D eigenvalue weighted by Crippen LogP contribution is -2.50. The van der Waals surface area contributed by atoms with Crippen molar-refractivity contribution in [2.45, 2.75) is 38.6 Å². The first-order valence-electron chi connectivity index (χ1n) is 7.41. The number of rotatable bonds is 3. The molecule has 1 aromatic heterocycles. The van der Waals surface area contributed by atoms with Crippen molar-refractivity contribution < 1.29 is 4.79 Å². The smallest absolute Gasteiger partial charge is 0.224 e. The minimum absolute atomic E-state index is 0.241. The molecule has 19 heavy (non-hydrogen) atoms. The van der Waals surface area contributed by atoms with E-state index in [0.717, 1.165) is 17.7 Å². The fraction of sp³-hybridized carbons (Fsp3) is 0.786. The molecule has 4 aliphatic rings. The average molecular weight is 260 g/mol. The summed E-state index contributed by atoms with van der Waals surface area (Å²) in [6, 6.07) is 0. The number of aromatic nitrogens is 3. The summed E-state index contributed by atoms with van der Waals surface area (Å²) >= 11 is 0. The van der Waals surface area contributed by atoms with Crippen molar-refractivity contribution in [3.05, 3.63) is 12.2 Å². The number of carbonyl (C=O) groups is 1. The number of aromatic amines is 1. The maximum absolute atomic E-state index is 12.5. The van der Waals surface area contributed by atoms with Gasteiger partial charge in [-0.1, -0.05) is 0 Å². The standard InChI is InChI=1S/C14H20N4O/c19-14(15-6-12-16-7-17-18-12)13-10-2-8-1-9(4-10)5-11(13)3-8/h7-11,13H,1-6H2,(H,15,19)(H,16,17,18). The molecule has 5 rings (SSSR count). The zero-order valence-corrected chi connectivity index (χ0v) is 11.0. The molecule has 5 heteroatoms. The molecular weight excluding hydrogens is 240 g/mol. The molecule has 4 fully saturated rings. The van der Waals surface area contributed by atoms with E-state index in [1.165, 1.54) is 38.4 Å². The van der Waals surface area contributed by atoms with Crippen LogP contribution in [-0.4, -0.2) is 21.1 Å². The first-order valence-corrected chi connectivity index (χ1v) is 7.41. The number of hydrogen-bond donors (Lipinski definition) is 2. The zero-order valence-electron chi connectivity index (χ0n) is 11.0. The summed E-state index contributed by atoms with van der Waals surface area (Å²) in [4.78, 5) is 16.5. The second-order valence-corrected chi connectivity index (χ2v) is 6.61. The molecule has 1 heterocycles. The van der Waals surface area contributed by atoms with E-state index >= 15 is 0 Å². The van der Waals surface area contributed by atoms with Crippen LogP contribution in [0.2, 0.25) is 0 Å². The molecule has 0 spiro atoms. The minimum atomic E-state index is 0.241. The maximum Gasteiger partial charge on any atom is 0.224 e. The van der Waals surface area contributed by atoms with Gasteiger partial charge >= 0.3 is 0 Å². The van der Waals surface area contributed by atoms with Crippen LogP contribution in [0, 0.1) is 29.6 Å². The lowest BCUT2D eigenvalue weighted by Gasteiger charge is -2.53. The van der Waals surface area contributed by atoms with Gasteiger partial charge in [-0.05, 0) is 55.8 Å². The topological polar surface area (TPSA) is 70.7 Å². The second-order valence-electron chi connectivity index (χ2n) is 6.61. The van der Waals surface area contributed by atoms with Crippen LogP contribution >= 0.6 is 0 Å². The van der Waals surface area contributed by atoms with Crippen LogP contribution in [-0.2, 0) is 11.3 Å². The van der Waals surface area contributed by atoms with Crippen molar-refractivity contribution in [2.75, 3.05) is 0 Å². The number of nitrogens with zero attached hydrogens (tertiary/aromatic N) is 2. The van der Waals surface area contributed by atoms with E-state index < -0.39 is 0 Å². The van der Waals surface area contributed by atoms with E-state index in [0.29, 0.717) is 18.4 Å². The van der Waals surface area contributed by atoms with Crippen LogP contribution in [0.4, 0.5) is 0 Å². The van der Waals surface area contributed by atoms with E-state index in [1.807, 2.05) is 0 Å². The van der Waals surface area contributed by atoms with Gasteiger partial charge in [-0.15, -0.1) is 0 Å². The molecule has 0 aliphatic heterocycles. The molecule has 5 nitrogen and oxygen atoms in total. The van der Waals surface area contributed by atoms with Gasteiger partial charge in [0.15, 0.2) is 0 Å². The molecule has 4 bridgehead atoms. The summed E-state index contributed by atoms with van der Waals surface area (Å²) in [5.74, 6) is 4.36. The molecule has 0 aromatic carbocycles. The summed E-state index contributed by atoms with van der Waals surface area (Å²) in [5.41, 5.74) is 0. The fourth-order valence-corrected chi connectivity index (χ4v) is 4.96. The lowest BCUT2D eigenvalue weighted by molar-refractivity contribution is -0.138. The Kier molecular flexibility index (Phi) is 2.60. The van der Waals surface area contributed by atoms with Gasteiger partial charge in [-0.2, -0.15) is 5.10 Å². The molecular formula is C14H20N4O. The van der Waals surface area contributed by atoms with Crippen LogP contribution in [0.25, 0.3) is 0 Å². The summed E-state index contributed by atoms with van der Waals surface area (Å²) in [6.45, 7) is 0.474. The van der Waals surface area contributed by atoms with E-state index in [4.69, 9.17) is 0 Å². The quantitative estimate of drug-likeness (QED) is 0.865. The Bertz CT molecular complexity index is 442. The van der Waals surface area contributed by atoms with Gasteiger partial charge in [-0.3, -0.25) is 9.89 Å². The summed E-state index contributed by atoms with van der Waals surface area (Å²) < 4.78 is 0. The Balaban J connectivity index is 1.43. The van der Waals surface area contributed by atoms with Gasteiger partial charge in [0.1, 0.15) is 12.2 Å². The normalized spacial score (nSPS) is 39.5. The Morgan fingerprint density at radius 2 is 1.89 bits per heavy atom. The Morgan fingerprint density at radius 1 is 1.21 bits per heavy atom. The SMILES string of the molecule is O=C(NCc1ncn[nH]1)C1C2CC3CC(C2)CC1C3. The summed E-state index contributed by atoms with van der Waals surface area (Å²) in [5, 5.41) is 9.62. The molecule has 4 saturated carbocycles. The molecule has 0 saturated heterocycles. The zero-order chi connectivity index (χ0) is 12.8. The highest BCUT2D eigenvalue weighted by atomic mass is 16.1. The first-order chi connectivity index (χ1) is 9.29. The van der Waals surface area contributed by atoms with E-state index in [9.17, 15) is 4.79 Å². The third kappa shape index (κ3) is 1.95. The summed E-state index contributed by atoms with van der Waals surface area (Å²) in [7, 11) is 0. The van der Waals surface area contributed by atoms with Crippen LogP contribution in [0.15, 0.2) is 6.33 Å². The van der Waals surface area contributed by atoms with Gasteiger partial charge in [-0.25, -0.2) is 4.98 Å². The van der Waals surface area contributed by atoms with Gasteiger partial charge in [0, 0.05) is 5.92 Å². The third-order valence-corrected chi connectivity index (χ3v) is 5.42. The number of nitrogens with one attached hydrogen (secondary N) is 2. The highest BCUT2D eigenvalue weighted by Crippen LogP contribution is 2.56. The van der Waals surface area contributed by atoms with E-state index in [-0.39, 0.29) is 11.8 Å². The monoisotopic (exact) mass is 260 g/mol. The Morgan fingerprint density at radius 3 is 2.47 bits per heavy atom. The largest absolute Gasteiger partial charge is 0.349 e. The predicted octanol–water partition coefficient (Wildman–Crippen LogP) is 1.49. The lowest BCUT2D eigenvalue weighted by atomic mass is 9.51. The number of H-pyrrole nitrogens is 1. The molecule has 1 aromatic rings. The summed E-state index contributed by atoms with van der Waals surface area (Å²) in [6.07, 6.45) is 8.05. The maximum atomic E-state index is 12.5. The third-order valence-electron chi connectivity index (χ3n) is 5.42. The Hall–Kier alpha value is -1.39. The van der Waals surface area contributed by atoms with Gasteiger partial charge in [0.25, 0.3) is 0 Å². The molecule has 4 aliphatic carbocycles. The fourth-order valence-electron chi connectivity index (χ4n) is 4.96. The molecule has 0 radical (unpaired) electrons. The minimum Gasteiger partial charge on any atom is -0.349 e. The van der Waals surface area contributed by atoms with E-state index in [1.54, 1.807) is 0 Å². The van der Waals surface area contributed by atoms with Crippen LogP contribution in [0.3, 0.4) is 0 Å². The second kappa shape index (κ2) is 4.32. The van der Waals surface area contributed by atoms with Crippen molar-refractivity contribution in [1.82, 2.24) is 20.5 Å². The molecule has 1 amide bonds. The first kappa shape index (κ1) is 11.4. The average Bonchev–Trinajstić information content (AvgIpc) is 2.88. The molecule has 2 N–H and O–H groups in total. The highest BCUT2D eigenvalue weighted by molar-refractivity contribution is 5.79. The van der Waals surface area contributed by atoms with Crippen LogP contribution in [0.5, 0.6) is 0 Å². The van der Waals surface area contributed by atoms with Crippen LogP contribution < -0.4 is 5.32 Å². The van der Waals surface area contributed by atoms with Crippen molar-refractivity contribution in [1.29, 1.82) is 0 Å². The van der Waals surface area contributed by atoms with Crippen molar-refractivity contribution in [3.8, 4) is 0 Å².